The first kappa shape index (κ1) is 17.4. The molecule has 2 heterocycles. The van der Waals surface area contributed by atoms with Crippen LogP contribution in [0.4, 0.5) is 5.69 Å². The van der Waals surface area contributed by atoms with Gasteiger partial charge in [-0.1, -0.05) is 64.4 Å². The maximum absolute atomic E-state index is 12.5. The Bertz CT molecular complexity index is 836. The normalized spacial score (nSPS) is 15.3. The van der Waals surface area contributed by atoms with Gasteiger partial charge >= 0.3 is 0 Å². The third-order valence-corrected chi connectivity index (χ3v) is 5.48. The van der Waals surface area contributed by atoms with E-state index in [9.17, 15) is 4.79 Å². The number of aliphatic imine (C=N–C) groups is 1. The van der Waals surface area contributed by atoms with Gasteiger partial charge in [0.2, 0.25) is 0 Å². The van der Waals surface area contributed by atoms with Crippen LogP contribution in [0.15, 0.2) is 29.3 Å². The fraction of sp³-hybridized carbons (Fsp3) is 0.450. The van der Waals surface area contributed by atoms with Crippen molar-refractivity contribution < 1.29 is 4.79 Å². The van der Waals surface area contributed by atoms with Gasteiger partial charge in [0.05, 0.1) is 18.0 Å². The van der Waals surface area contributed by atoms with Gasteiger partial charge in [-0.25, -0.2) is 4.99 Å². The van der Waals surface area contributed by atoms with Crippen molar-refractivity contribution in [3.05, 3.63) is 46.8 Å². The van der Waals surface area contributed by atoms with E-state index in [1.807, 2.05) is 12.1 Å². The van der Waals surface area contributed by atoms with Crippen molar-refractivity contribution in [2.45, 2.75) is 47.0 Å². The number of H-pyrrole nitrogens is 1. The number of nitrogens with one attached hydrogen (secondary N) is 2. The van der Waals surface area contributed by atoms with Crippen LogP contribution >= 0.6 is 0 Å². The minimum Gasteiger partial charge on any atom is -0.345 e. The zero-order valence-electron chi connectivity index (χ0n) is 15.8. The first-order valence-electron chi connectivity index (χ1n) is 8.63. The highest BCUT2D eigenvalue weighted by Crippen LogP contribution is 2.44. The van der Waals surface area contributed by atoms with Crippen LogP contribution in [-0.2, 0) is 5.41 Å². The molecule has 0 saturated carbocycles. The van der Waals surface area contributed by atoms with Crippen LogP contribution in [0.25, 0.3) is 0 Å². The summed E-state index contributed by atoms with van der Waals surface area (Å²) >= 11 is 0. The minimum atomic E-state index is -0.246. The number of benzene rings is 1. The quantitative estimate of drug-likeness (QED) is 0.871. The molecule has 5 nitrogen and oxygen atoms in total. The van der Waals surface area contributed by atoms with Gasteiger partial charge < -0.3 is 5.32 Å². The second-order valence-electron chi connectivity index (χ2n) is 8.28. The van der Waals surface area contributed by atoms with Crippen LogP contribution in [0.3, 0.4) is 0 Å². The highest BCUT2D eigenvalue weighted by Gasteiger charge is 2.40. The van der Waals surface area contributed by atoms with Gasteiger partial charge in [0, 0.05) is 5.41 Å². The monoisotopic (exact) mass is 338 g/mol. The molecule has 1 aliphatic rings. The standard InChI is InChI=1S/C20H26N4O/c1-12-7-9-13(10-8-12)14-11-21-18(25)16-15(22-14)17(24-23-16)20(5,6)19(2,3)4/h7-10H,11H2,1-6H3,(H,21,25)(H,23,24). The number of amides is 1. The summed E-state index contributed by atoms with van der Waals surface area (Å²) < 4.78 is 0. The van der Waals surface area contributed by atoms with E-state index in [-0.39, 0.29) is 16.7 Å². The third-order valence-electron chi connectivity index (χ3n) is 5.48. The molecule has 0 bridgehead atoms. The number of nitrogens with zero attached hydrogens (tertiary/aromatic N) is 2. The summed E-state index contributed by atoms with van der Waals surface area (Å²) in [5, 5.41) is 10.3. The van der Waals surface area contributed by atoms with Gasteiger partial charge in [0.25, 0.3) is 5.91 Å². The zero-order valence-corrected chi connectivity index (χ0v) is 15.8. The summed E-state index contributed by atoms with van der Waals surface area (Å²) in [7, 11) is 0. The van der Waals surface area contributed by atoms with E-state index in [2.05, 4.69) is 69.2 Å². The van der Waals surface area contributed by atoms with Gasteiger partial charge in [0.15, 0.2) is 0 Å². The molecule has 2 N–H and O–H groups in total. The fourth-order valence-electron chi connectivity index (χ4n) is 2.73. The average Bonchev–Trinajstić information content (AvgIpc) is 2.88. The van der Waals surface area contributed by atoms with Gasteiger partial charge in [0.1, 0.15) is 11.4 Å². The van der Waals surface area contributed by atoms with E-state index in [0.717, 1.165) is 17.0 Å². The van der Waals surface area contributed by atoms with Crippen LogP contribution < -0.4 is 5.32 Å². The number of rotatable bonds is 2. The van der Waals surface area contributed by atoms with Gasteiger partial charge in [-0.05, 0) is 17.9 Å². The molecular weight excluding hydrogens is 312 g/mol. The summed E-state index contributed by atoms with van der Waals surface area (Å²) in [5.41, 5.74) is 4.71. The Morgan fingerprint density at radius 3 is 2.28 bits per heavy atom. The van der Waals surface area contributed by atoms with Crippen molar-refractivity contribution in [1.82, 2.24) is 15.5 Å². The number of aromatic amines is 1. The lowest BCUT2D eigenvalue weighted by atomic mass is 9.67. The smallest absolute Gasteiger partial charge is 0.271 e. The molecule has 3 rings (SSSR count). The van der Waals surface area contributed by atoms with Crippen molar-refractivity contribution in [3.63, 3.8) is 0 Å². The van der Waals surface area contributed by atoms with Crippen LogP contribution in [0.2, 0.25) is 0 Å². The maximum atomic E-state index is 12.5. The molecule has 0 saturated heterocycles. The number of aryl methyl sites for hydroxylation is 1. The Kier molecular flexibility index (Phi) is 4.06. The first-order chi connectivity index (χ1) is 11.6. The van der Waals surface area contributed by atoms with E-state index in [4.69, 9.17) is 4.99 Å². The summed E-state index contributed by atoms with van der Waals surface area (Å²) in [4.78, 5) is 17.3. The predicted molar refractivity (Wildman–Crippen MR) is 101 cm³/mol. The Morgan fingerprint density at radius 2 is 1.68 bits per heavy atom. The molecule has 0 fully saturated rings. The molecule has 1 aromatic carbocycles. The lowest BCUT2D eigenvalue weighted by molar-refractivity contribution is 0.0956. The highest BCUT2D eigenvalue weighted by molar-refractivity contribution is 6.10. The van der Waals surface area contributed by atoms with Gasteiger partial charge in [-0.15, -0.1) is 0 Å². The van der Waals surface area contributed by atoms with Crippen LogP contribution in [-0.4, -0.2) is 28.4 Å². The number of hydrogen-bond donors (Lipinski definition) is 2. The van der Waals surface area contributed by atoms with E-state index in [1.165, 1.54) is 5.56 Å². The van der Waals surface area contributed by atoms with Crippen LogP contribution in [0.1, 0.15) is 61.9 Å². The topological polar surface area (TPSA) is 70.1 Å². The molecule has 0 unspecified atom stereocenters. The molecular formula is C20H26N4O. The molecule has 0 atom stereocenters. The summed E-state index contributed by atoms with van der Waals surface area (Å²) in [6, 6.07) is 8.20. The predicted octanol–water partition coefficient (Wildman–Crippen LogP) is 3.91. The Balaban J connectivity index is 2.16. The lowest BCUT2D eigenvalue weighted by Gasteiger charge is -2.37. The molecule has 0 spiro atoms. The first-order valence-corrected chi connectivity index (χ1v) is 8.63. The number of hydrogen-bond acceptors (Lipinski definition) is 3. The van der Waals surface area contributed by atoms with Crippen molar-refractivity contribution in [1.29, 1.82) is 0 Å². The zero-order chi connectivity index (χ0) is 18.4. The third kappa shape index (κ3) is 2.99. The summed E-state index contributed by atoms with van der Waals surface area (Å²) in [6.07, 6.45) is 0. The van der Waals surface area contributed by atoms with Gasteiger partial charge in [-0.2, -0.15) is 5.10 Å². The molecule has 0 aliphatic carbocycles. The fourth-order valence-corrected chi connectivity index (χ4v) is 2.73. The van der Waals surface area contributed by atoms with Crippen molar-refractivity contribution >= 4 is 17.3 Å². The molecule has 132 valence electrons. The van der Waals surface area contributed by atoms with Crippen LogP contribution in [0, 0.1) is 12.3 Å². The Hall–Kier alpha value is -2.43. The molecule has 0 radical (unpaired) electrons. The van der Waals surface area contributed by atoms with E-state index >= 15 is 0 Å². The molecule has 2 aromatic rings. The Morgan fingerprint density at radius 1 is 1.04 bits per heavy atom. The molecule has 1 aromatic heterocycles. The van der Waals surface area contributed by atoms with E-state index in [1.54, 1.807) is 0 Å². The second kappa shape index (κ2) is 5.83. The number of aromatic nitrogens is 2. The summed E-state index contributed by atoms with van der Waals surface area (Å²) in [5.74, 6) is -0.163. The van der Waals surface area contributed by atoms with Crippen LogP contribution in [0.5, 0.6) is 0 Å². The highest BCUT2D eigenvalue weighted by atomic mass is 16.2. The lowest BCUT2D eigenvalue weighted by Crippen LogP contribution is -2.34. The number of carbonyl (C=O) groups excluding carboxylic acids is 1. The minimum absolute atomic E-state index is 0.0295. The molecule has 25 heavy (non-hydrogen) atoms. The van der Waals surface area contributed by atoms with E-state index in [0.29, 0.717) is 17.9 Å². The Labute approximate surface area is 149 Å². The van der Waals surface area contributed by atoms with Crippen molar-refractivity contribution in [2.75, 3.05) is 6.54 Å². The molecule has 5 heteroatoms. The van der Waals surface area contributed by atoms with Gasteiger partial charge in [-0.3, -0.25) is 9.89 Å². The second-order valence-corrected chi connectivity index (χ2v) is 8.28. The number of carbonyl (C=O) groups is 1. The van der Waals surface area contributed by atoms with Crippen molar-refractivity contribution in [3.8, 4) is 0 Å². The largest absolute Gasteiger partial charge is 0.345 e. The number of fused-ring (bicyclic) bond motifs is 1. The molecule has 1 aliphatic heterocycles. The molecule has 1 amide bonds. The average molecular weight is 338 g/mol. The van der Waals surface area contributed by atoms with Crippen molar-refractivity contribution in [2.24, 2.45) is 10.4 Å². The maximum Gasteiger partial charge on any atom is 0.271 e. The SMILES string of the molecule is Cc1ccc(C2=Nc3c(C(C)(C)C(C)(C)C)n[nH]c3C(=O)NC2)cc1. The van der Waals surface area contributed by atoms with E-state index < -0.39 is 0 Å². The summed E-state index contributed by atoms with van der Waals surface area (Å²) in [6.45, 7) is 13.3.